The maximum Gasteiger partial charge on any atom is 0.291 e. The molecule has 0 aliphatic carbocycles. The minimum atomic E-state index is -0.257. The average Bonchev–Trinajstić information content (AvgIpc) is 3.03. The maximum absolute atomic E-state index is 12.2. The number of carbonyl (C=O) groups excluding carboxylic acids is 1. The third-order valence-corrected chi connectivity index (χ3v) is 3.80. The normalized spacial score (nSPS) is 15.0. The molecule has 0 unspecified atom stereocenters. The van der Waals surface area contributed by atoms with Gasteiger partial charge in [0.1, 0.15) is 0 Å². The van der Waals surface area contributed by atoms with E-state index in [4.69, 9.17) is 9.15 Å². The van der Waals surface area contributed by atoms with Crippen LogP contribution in [-0.2, 0) is 4.74 Å². The Bertz CT molecular complexity index is 622. The van der Waals surface area contributed by atoms with E-state index in [0.717, 1.165) is 28.9 Å². The number of amides is 1. The fourth-order valence-corrected chi connectivity index (χ4v) is 2.64. The minimum absolute atomic E-state index is 0.257. The number of furan rings is 1. The van der Waals surface area contributed by atoms with E-state index >= 15 is 0 Å². The van der Waals surface area contributed by atoms with E-state index in [1.54, 1.807) is 12.1 Å². The second-order valence-electron chi connectivity index (χ2n) is 4.69. The number of anilines is 2. The van der Waals surface area contributed by atoms with E-state index in [9.17, 15) is 4.79 Å². The van der Waals surface area contributed by atoms with Gasteiger partial charge in [-0.2, -0.15) is 0 Å². The van der Waals surface area contributed by atoms with Gasteiger partial charge in [-0.1, -0.05) is 15.9 Å². The molecule has 1 aromatic carbocycles. The van der Waals surface area contributed by atoms with Crippen molar-refractivity contribution in [1.29, 1.82) is 0 Å². The summed E-state index contributed by atoms with van der Waals surface area (Å²) in [6, 6.07) is 9.19. The lowest BCUT2D eigenvalue weighted by molar-refractivity contribution is 0.0996. The highest BCUT2D eigenvalue weighted by molar-refractivity contribution is 9.10. The fourth-order valence-electron chi connectivity index (χ4n) is 2.28. The van der Waals surface area contributed by atoms with E-state index < -0.39 is 0 Å². The molecule has 1 N–H and O–H groups in total. The Hall–Kier alpha value is -1.79. The molecule has 110 valence electrons. The molecule has 1 fully saturated rings. The van der Waals surface area contributed by atoms with Crippen molar-refractivity contribution in [2.24, 2.45) is 0 Å². The summed E-state index contributed by atoms with van der Waals surface area (Å²) < 4.78 is 11.4. The van der Waals surface area contributed by atoms with Crippen LogP contribution in [0.15, 0.2) is 45.5 Å². The van der Waals surface area contributed by atoms with Gasteiger partial charge < -0.3 is 19.4 Å². The van der Waals surface area contributed by atoms with Crippen LogP contribution in [0, 0.1) is 0 Å². The molecule has 1 aromatic heterocycles. The number of hydrogen-bond acceptors (Lipinski definition) is 4. The molecule has 21 heavy (non-hydrogen) atoms. The molecule has 0 saturated carbocycles. The van der Waals surface area contributed by atoms with Crippen LogP contribution in [0.25, 0.3) is 0 Å². The van der Waals surface area contributed by atoms with Crippen molar-refractivity contribution in [3.05, 3.63) is 46.8 Å². The van der Waals surface area contributed by atoms with Gasteiger partial charge in [-0.25, -0.2) is 0 Å². The summed E-state index contributed by atoms with van der Waals surface area (Å²) in [5.41, 5.74) is 1.74. The number of benzene rings is 1. The Balaban J connectivity index is 1.85. The van der Waals surface area contributed by atoms with Crippen LogP contribution >= 0.6 is 15.9 Å². The summed E-state index contributed by atoms with van der Waals surface area (Å²) in [4.78, 5) is 14.4. The molecule has 0 bridgehead atoms. The molecule has 1 saturated heterocycles. The molecule has 5 nitrogen and oxygen atoms in total. The van der Waals surface area contributed by atoms with Gasteiger partial charge in [0.25, 0.3) is 5.91 Å². The highest BCUT2D eigenvalue weighted by Crippen LogP contribution is 2.30. The Labute approximate surface area is 131 Å². The lowest BCUT2D eigenvalue weighted by Crippen LogP contribution is -2.36. The Kier molecular flexibility index (Phi) is 4.26. The SMILES string of the molecule is O=C(Nc1cc(Br)ccc1N1CCOCC1)c1ccco1. The number of nitrogens with zero attached hydrogens (tertiary/aromatic N) is 1. The largest absolute Gasteiger partial charge is 0.459 e. The molecule has 0 atom stereocenters. The summed E-state index contributed by atoms with van der Waals surface area (Å²) in [6.07, 6.45) is 1.48. The van der Waals surface area contributed by atoms with Gasteiger partial charge in [0.2, 0.25) is 0 Å². The molecule has 6 heteroatoms. The van der Waals surface area contributed by atoms with Crippen LogP contribution in [0.5, 0.6) is 0 Å². The van der Waals surface area contributed by atoms with Gasteiger partial charge in [0, 0.05) is 17.6 Å². The molecule has 3 rings (SSSR count). The van der Waals surface area contributed by atoms with Crippen molar-refractivity contribution >= 4 is 33.2 Å². The highest BCUT2D eigenvalue weighted by atomic mass is 79.9. The first-order valence-electron chi connectivity index (χ1n) is 6.71. The monoisotopic (exact) mass is 350 g/mol. The molecular formula is C15H15BrN2O3. The van der Waals surface area contributed by atoms with Crippen molar-refractivity contribution in [2.75, 3.05) is 36.5 Å². The van der Waals surface area contributed by atoms with E-state index in [0.29, 0.717) is 19.0 Å². The number of halogens is 1. The topological polar surface area (TPSA) is 54.7 Å². The third-order valence-electron chi connectivity index (χ3n) is 3.30. The third kappa shape index (κ3) is 3.28. The Morgan fingerprint density at radius 3 is 2.76 bits per heavy atom. The molecule has 1 amide bonds. The predicted octanol–water partition coefficient (Wildman–Crippen LogP) is 3.13. The van der Waals surface area contributed by atoms with Crippen LogP contribution in [0.1, 0.15) is 10.6 Å². The lowest BCUT2D eigenvalue weighted by atomic mass is 10.2. The van der Waals surface area contributed by atoms with Gasteiger partial charge in [-0.15, -0.1) is 0 Å². The Morgan fingerprint density at radius 1 is 1.24 bits per heavy atom. The standard InChI is InChI=1S/C15H15BrN2O3/c16-11-3-4-13(18-5-8-20-9-6-18)12(10-11)17-15(19)14-2-1-7-21-14/h1-4,7,10H,5-6,8-9H2,(H,17,19). The predicted molar refractivity (Wildman–Crippen MR) is 83.8 cm³/mol. The number of hydrogen-bond donors (Lipinski definition) is 1. The summed E-state index contributed by atoms with van der Waals surface area (Å²) in [5.74, 6) is 0.0375. The van der Waals surface area contributed by atoms with Crippen LogP contribution < -0.4 is 10.2 Å². The van der Waals surface area contributed by atoms with Crippen molar-refractivity contribution in [3.63, 3.8) is 0 Å². The molecule has 0 radical (unpaired) electrons. The number of nitrogens with one attached hydrogen (secondary N) is 1. The van der Waals surface area contributed by atoms with Crippen molar-refractivity contribution < 1.29 is 13.9 Å². The maximum atomic E-state index is 12.2. The number of rotatable bonds is 3. The van der Waals surface area contributed by atoms with E-state index in [-0.39, 0.29) is 5.91 Å². The highest BCUT2D eigenvalue weighted by Gasteiger charge is 2.17. The Morgan fingerprint density at radius 2 is 2.05 bits per heavy atom. The number of carbonyl (C=O) groups is 1. The lowest BCUT2D eigenvalue weighted by Gasteiger charge is -2.30. The van der Waals surface area contributed by atoms with Crippen molar-refractivity contribution in [3.8, 4) is 0 Å². The van der Waals surface area contributed by atoms with E-state index in [1.807, 2.05) is 18.2 Å². The van der Waals surface area contributed by atoms with Gasteiger partial charge >= 0.3 is 0 Å². The van der Waals surface area contributed by atoms with Gasteiger partial charge in [0.05, 0.1) is 30.9 Å². The second-order valence-corrected chi connectivity index (χ2v) is 5.61. The summed E-state index contributed by atoms with van der Waals surface area (Å²) in [6.45, 7) is 3.01. The van der Waals surface area contributed by atoms with Crippen LogP contribution in [0.3, 0.4) is 0 Å². The fraction of sp³-hybridized carbons (Fsp3) is 0.267. The van der Waals surface area contributed by atoms with Gasteiger partial charge in [0.15, 0.2) is 5.76 Å². The summed E-state index contributed by atoms with van der Waals surface area (Å²) in [7, 11) is 0. The first-order valence-corrected chi connectivity index (χ1v) is 7.50. The second kappa shape index (κ2) is 6.32. The molecule has 1 aliphatic rings. The molecule has 2 heterocycles. The van der Waals surface area contributed by atoms with Crippen molar-refractivity contribution in [2.45, 2.75) is 0 Å². The average molecular weight is 351 g/mol. The number of morpholine rings is 1. The zero-order valence-corrected chi connectivity index (χ0v) is 12.9. The van der Waals surface area contributed by atoms with Gasteiger partial charge in [-0.05, 0) is 30.3 Å². The molecule has 1 aliphatic heterocycles. The van der Waals surface area contributed by atoms with Crippen LogP contribution in [0.4, 0.5) is 11.4 Å². The van der Waals surface area contributed by atoms with E-state index in [2.05, 4.69) is 26.1 Å². The van der Waals surface area contributed by atoms with E-state index in [1.165, 1.54) is 6.26 Å². The molecular weight excluding hydrogens is 336 g/mol. The van der Waals surface area contributed by atoms with Gasteiger partial charge in [-0.3, -0.25) is 4.79 Å². The van der Waals surface area contributed by atoms with Crippen LogP contribution in [-0.4, -0.2) is 32.2 Å². The quantitative estimate of drug-likeness (QED) is 0.923. The first kappa shape index (κ1) is 14.2. The molecule has 0 spiro atoms. The first-order chi connectivity index (χ1) is 10.2. The smallest absolute Gasteiger partial charge is 0.291 e. The number of ether oxygens (including phenoxy) is 1. The summed E-state index contributed by atoms with van der Waals surface area (Å²) >= 11 is 3.44. The zero-order chi connectivity index (χ0) is 14.7. The minimum Gasteiger partial charge on any atom is -0.459 e. The van der Waals surface area contributed by atoms with Crippen molar-refractivity contribution in [1.82, 2.24) is 0 Å². The van der Waals surface area contributed by atoms with Crippen LogP contribution in [0.2, 0.25) is 0 Å². The summed E-state index contributed by atoms with van der Waals surface area (Å²) in [5, 5.41) is 2.91. The molecule has 2 aromatic rings. The zero-order valence-electron chi connectivity index (χ0n) is 11.3.